The van der Waals surface area contributed by atoms with Crippen molar-refractivity contribution >= 4 is 29.7 Å². The Balaban J connectivity index is 2.66. The third-order valence-electron chi connectivity index (χ3n) is 4.92. The third kappa shape index (κ3) is 11.4. The Hall–Kier alpha value is -3.51. The van der Waals surface area contributed by atoms with Gasteiger partial charge in [-0.2, -0.15) is 0 Å². The van der Waals surface area contributed by atoms with E-state index >= 15 is 0 Å². The number of rotatable bonds is 16. The Morgan fingerprint density at radius 3 is 2.15 bits per heavy atom. The number of carbonyl (C=O) groups is 5. The van der Waals surface area contributed by atoms with E-state index in [4.69, 9.17) is 16.6 Å². The molecule has 0 aliphatic carbocycles. The fraction of sp³-hybridized carbons (Fsp3) is 0.500. The summed E-state index contributed by atoms with van der Waals surface area (Å²) in [5, 5.41) is 25.2. The zero-order chi connectivity index (χ0) is 25.5. The number of hydrogen-bond donors (Lipinski definition) is 7. The van der Waals surface area contributed by atoms with Gasteiger partial charge in [-0.3, -0.25) is 19.2 Å². The summed E-state index contributed by atoms with van der Waals surface area (Å²) in [4.78, 5) is 59.4. The van der Waals surface area contributed by atoms with Crippen LogP contribution in [0.2, 0.25) is 0 Å². The number of benzene rings is 1. The molecule has 0 bridgehead atoms. The fourth-order valence-electron chi connectivity index (χ4n) is 3.06. The van der Waals surface area contributed by atoms with E-state index in [1.165, 1.54) is 0 Å². The highest BCUT2D eigenvalue weighted by Crippen LogP contribution is 2.04. The van der Waals surface area contributed by atoms with Gasteiger partial charge in [-0.1, -0.05) is 30.3 Å². The highest BCUT2D eigenvalue weighted by Gasteiger charge is 2.26. The minimum absolute atomic E-state index is 0.183. The van der Waals surface area contributed by atoms with Crippen LogP contribution in [-0.2, 0) is 30.4 Å². The molecule has 0 fully saturated rings. The second kappa shape index (κ2) is 15.3. The number of nitrogens with two attached hydrogens (primary N) is 2. The molecule has 0 spiro atoms. The van der Waals surface area contributed by atoms with Crippen LogP contribution in [0.4, 0.5) is 0 Å². The normalized spacial score (nSPS) is 13.2. The van der Waals surface area contributed by atoms with Crippen LogP contribution < -0.4 is 27.4 Å². The molecule has 1 rings (SSSR count). The second-order valence-corrected chi connectivity index (χ2v) is 7.75. The Morgan fingerprint density at radius 2 is 1.56 bits per heavy atom. The fourth-order valence-corrected chi connectivity index (χ4v) is 3.06. The van der Waals surface area contributed by atoms with E-state index in [9.17, 15) is 29.1 Å². The molecule has 1 aromatic rings. The molecule has 12 nitrogen and oxygen atoms in total. The Labute approximate surface area is 197 Å². The molecule has 1 aromatic carbocycles. The maximum Gasteiger partial charge on any atom is 0.326 e. The van der Waals surface area contributed by atoms with Gasteiger partial charge in [0.25, 0.3) is 0 Å². The summed E-state index contributed by atoms with van der Waals surface area (Å²) in [6.45, 7) is -0.149. The summed E-state index contributed by atoms with van der Waals surface area (Å²) in [6.07, 6.45) is 0.885. The van der Waals surface area contributed by atoms with E-state index in [0.717, 1.165) is 5.56 Å². The van der Waals surface area contributed by atoms with Crippen molar-refractivity contribution in [3.63, 3.8) is 0 Å². The molecule has 3 atom stereocenters. The van der Waals surface area contributed by atoms with Gasteiger partial charge in [-0.15, -0.1) is 0 Å². The number of nitrogens with one attached hydrogen (secondary N) is 3. The van der Waals surface area contributed by atoms with Crippen molar-refractivity contribution in [3.8, 4) is 0 Å². The summed E-state index contributed by atoms with van der Waals surface area (Å²) in [6, 6.07) is 5.64. The number of unbranched alkanes of at least 4 members (excludes halogenated alkanes) is 1. The first kappa shape index (κ1) is 28.5. The van der Waals surface area contributed by atoms with Crippen molar-refractivity contribution < 1.29 is 34.2 Å². The molecule has 34 heavy (non-hydrogen) atoms. The summed E-state index contributed by atoms with van der Waals surface area (Å²) in [5.41, 5.74) is 12.1. The first-order valence-electron chi connectivity index (χ1n) is 11.0. The van der Waals surface area contributed by atoms with Gasteiger partial charge in [-0.25, -0.2) is 4.79 Å². The number of hydrogen-bond acceptors (Lipinski definition) is 7. The zero-order valence-electron chi connectivity index (χ0n) is 18.9. The van der Waals surface area contributed by atoms with Gasteiger partial charge in [-0.05, 0) is 44.2 Å². The summed E-state index contributed by atoms with van der Waals surface area (Å²) in [5.74, 6) is -4.55. The lowest BCUT2D eigenvalue weighted by atomic mass is 10.0. The van der Waals surface area contributed by atoms with Crippen molar-refractivity contribution in [1.29, 1.82) is 0 Å². The topological polar surface area (TPSA) is 214 Å². The average Bonchev–Trinajstić information content (AvgIpc) is 2.79. The molecule has 12 heteroatoms. The molecule has 188 valence electrons. The van der Waals surface area contributed by atoms with Crippen LogP contribution >= 0.6 is 0 Å². The lowest BCUT2D eigenvalue weighted by molar-refractivity contribution is -0.142. The van der Waals surface area contributed by atoms with Crippen LogP contribution in [0, 0.1) is 0 Å². The van der Waals surface area contributed by atoms with Crippen molar-refractivity contribution in [3.05, 3.63) is 35.9 Å². The zero-order valence-corrected chi connectivity index (χ0v) is 18.9. The Bertz CT molecular complexity index is 834. The molecular weight excluding hydrogens is 446 g/mol. The quantitative estimate of drug-likeness (QED) is 0.140. The van der Waals surface area contributed by atoms with E-state index in [1.807, 2.05) is 6.07 Å². The SMILES string of the molecule is NCCCCC(NC(=O)CNC(=O)C(CCC(=O)O)NC(=O)C(N)Cc1ccccc1)C(=O)O. The molecule has 0 radical (unpaired) electrons. The standard InChI is InChI=1S/C22H33N5O7/c23-11-5-4-8-17(22(33)34)26-18(28)13-25-21(32)16(9-10-19(29)30)27-20(31)15(24)12-14-6-2-1-3-7-14/h1-3,6-7,15-17H,4-5,8-13,23-24H2,(H,25,32)(H,26,28)(H,27,31)(H,29,30)(H,33,34). The molecule has 3 unspecified atom stereocenters. The van der Waals surface area contributed by atoms with E-state index in [2.05, 4.69) is 16.0 Å². The minimum Gasteiger partial charge on any atom is -0.481 e. The predicted octanol–water partition coefficient (Wildman–Crippen LogP) is -1.28. The number of carbonyl (C=O) groups excluding carboxylic acids is 3. The highest BCUT2D eigenvalue weighted by molar-refractivity contribution is 5.92. The molecule has 9 N–H and O–H groups in total. The van der Waals surface area contributed by atoms with Crippen LogP contribution in [0.25, 0.3) is 0 Å². The largest absolute Gasteiger partial charge is 0.481 e. The second-order valence-electron chi connectivity index (χ2n) is 7.75. The van der Waals surface area contributed by atoms with Crippen molar-refractivity contribution in [2.45, 2.75) is 56.7 Å². The Kier molecular flexibility index (Phi) is 12.9. The van der Waals surface area contributed by atoms with Crippen molar-refractivity contribution in [2.75, 3.05) is 13.1 Å². The van der Waals surface area contributed by atoms with Crippen LogP contribution in [0.5, 0.6) is 0 Å². The molecule has 0 heterocycles. The van der Waals surface area contributed by atoms with Crippen LogP contribution in [0.15, 0.2) is 30.3 Å². The lowest BCUT2D eigenvalue weighted by Gasteiger charge is -2.21. The van der Waals surface area contributed by atoms with Gasteiger partial charge in [0.05, 0.1) is 12.6 Å². The van der Waals surface area contributed by atoms with Crippen LogP contribution in [0.3, 0.4) is 0 Å². The van der Waals surface area contributed by atoms with E-state index in [-0.39, 0.29) is 19.3 Å². The smallest absolute Gasteiger partial charge is 0.326 e. The van der Waals surface area contributed by atoms with Crippen LogP contribution in [0.1, 0.15) is 37.7 Å². The minimum atomic E-state index is -1.24. The van der Waals surface area contributed by atoms with E-state index in [0.29, 0.717) is 19.4 Å². The monoisotopic (exact) mass is 479 g/mol. The molecular formula is C22H33N5O7. The third-order valence-corrected chi connectivity index (χ3v) is 4.92. The van der Waals surface area contributed by atoms with E-state index < -0.39 is 60.8 Å². The number of aliphatic carboxylic acids is 2. The summed E-state index contributed by atoms with van der Waals surface area (Å²) < 4.78 is 0. The highest BCUT2D eigenvalue weighted by atomic mass is 16.4. The maximum atomic E-state index is 12.5. The average molecular weight is 480 g/mol. The number of carboxylic acid groups (broad SMARTS) is 2. The molecule has 0 saturated heterocycles. The molecule has 3 amide bonds. The summed E-state index contributed by atoms with van der Waals surface area (Å²) in [7, 11) is 0. The maximum absolute atomic E-state index is 12.5. The van der Waals surface area contributed by atoms with Gasteiger partial charge in [0.2, 0.25) is 17.7 Å². The number of carboxylic acids is 2. The van der Waals surface area contributed by atoms with Crippen molar-refractivity contribution in [2.24, 2.45) is 11.5 Å². The predicted molar refractivity (Wildman–Crippen MR) is 122 cm³/mol. The molecule has 0 saturated carbocycles. The molecule has 0 aliphatic rings. The van der Waals surface area contributed by atoms with E-state index in [1.54, 1.807) is 24.3 Å². The Morgan fingerprint density at radius 1 is 0.882 bits per heavy atom. The van der Waals surface area contributed by atoms with Crippen LogP contribution in [-0.4, -0.2) is 71.1 Å². The van der Waals surface area contributed by atoms with Gasteiger partial charge < -0.3 is 37.6 Å². The lowest BCUT2D eigenvalue weighted by Crippen LogP contribution is -2.54. The first-order valence-corrected chi connectivity index (χ1v) is 11.0. The molecule has 0 aliphatic heterocycles. The molecule has 0 aromatic heterocycles. The van der Waals surface area contributed by atoms with Gasteiger partial charge in [0.1, 0.15) is 12.1 Å². The van der Waals surface area contributed by atoms with Gasteiger partial charge in [0.15, 0.2) is 0 Å². The summed E-state index contributed by atoms with van der Waals surface area (Å²) >= 11 is 0. The van der Waals surface area contributed by atoms with Crippen molar-refractivity contribution in [1.82, 2.24) is 16.0 Å². The first-order chi connectivity index (χ1) is 16.1. The van der Waals surface area contributed by atoms with Gasteiger partial charge in [0, 0.05) is 6.42 Å². The van der Waals surface area contributed by atoms with Gasteiger partial charge >= 0.3 is 11.9 Å². The number of amides is 3.